The highest BCUT2D eigenvalue weighted by molar-refractivity contribution is 5.55. The molecule has 0 unspecified atom stereocenters. The quantitative estimate of drug-likeness (QED) is 0.728. The van der Waals surface area contributed by atoms with Crippen molar-refractivity contribution in [3.05, 3.63) is 60.0 Å². The maximum absolute atomic E-state index is 9.02. The van der Waals surface area contributed by atoms with Crippen molar-refractivity contribution in [3.8, 4) is 6.07 Å². The number of aliphatic hydroxyl groups is 1. The summed E-state index contributed by atoms with van der Waals surface area (Å²) in [7, 11) is 1.95. The lowest BCUT2D eigenvalue weighted by molar-refractivity contribution is 0.304. The van der Waals surface area contributed by atoms with E-state index in [0.29, 0.717) is 18.7 Å². The third-order valence-corrected chi connectivity index (χ3v) is 3.93. The van der Waals surface area contributed by atoms with Gasteiger partial charge in [0, 0.05) is 31.2 Å². The number of nitriles is 1. The molecule has 0 saturated heterocycles. The van der Waals surface area contributed by atoms with E-state index < -0.39 is 0 Å². The Bertz CT molecular complexity index is 863. The van der Waals surface area contributed by atoms with Crippen molar-refractivity contribution in [2.24, 2.45) is 0 Å². The number of aliphatic hydroxyl groups excluding tert-OH is 1. The van der Waals surface area contributed by atoms with Gasteiger partial charge in [-0.05, 0) is 36.4 Å². The molecule has 6 heteroatoms. The molecule has 1 aromatic carbocycles. The van der Waals surface area contributed by atoms with Crippen molar-refractivity contribution < 1.29 is 5.11 Å². The van der Waals surface area contributed by atoms with Crippen molar-refractivity contribution in [3.63, 3.8) is 0 Å². The molecule has 0 saturated carbocycles. The average Bonchev–Trinajstić information content (AvgIpc) is 3.02. The Morgan fingerprint density at radius 3 is 2.75 bits per heavy atom. The van der Waals surface area contributed by atoms with E-state index in [9.17, 15) is 0 Å². The molecule has 0 amide bonds. The highest BCUT2D eigenvalue weighted by Gasteiger charge is 2.05. The van der Waals surface area contributed by atoms with Crippen LogP contribution in [0.3, 0.4) is 0 Å². The number of benzene rings is 1. The van der Waals surface area contributed by atoms with Crippen molar-refractivity contribution in [1.29, 1.82) is 5.26 Å². The molecule has 0 aliphatic carbocycles. The first-order valence-corrected chi connectivity index (χ1v) is 7.73. The molecular weight excluding hydrogens is 302 g/mol. The van der Waals surface area contributed by atoms with E-state index in [4.69, 9.17) is 10.4 Å². The van der Waals surface area contributed by atoms with E-state index in [1.165, 1.54) is 0 Å². The number of hydrogen-bond acceptors (Lipinski definition) is 5. The predicted molar refractivity (Wildman–Crippen MR) is 94.0 cm³/mol. The number of nitrogens with zero attached hydrogens (tertiary/aromatic N) is 4. The first kappa shape index (κ1) is 15.8. The van der Waals surface area contributed by atoms with Crippen LogP contribution in [0.1, 0.15) is 11.3 Å². The van der Waals surface area contributed by atoms with E-state index in [1.54, 1.807) is 12.3 Å². The maximum atomic E-state index is 9.02. The largest absolute Gasteiger partial charge is 0.395 e. The second-order valence-electron chi connectivity index (χ2n) is 5.55. The highest BCUT2D eigenvalue weighted by atomic mass is 16.3. The molecule has 3 aromatic rings. The molecule has 2 heterocycles. The minimum Gasteiger partial charge on any atom is -0.395 e. The monoisotopic (exact) mass is 321 g/mol. The van der Waals surface area contributed by atoms with Crippen LogP contribution >= 0.6 is 0 Å². The zero-order valence-corrected chi connectivity index (χ0v) is 13.5. The maximum Gasteiger partial charge on any atom is 0.137 e. The number of imidazole rings is 1. The highest BCUT2D eigenvalue weighted by Crippen LogP contribution is 2.17. The SMILES string of the molecule is CN(CCO)c1ccc(NCc2cnc3ccc(C#N)cn23)cc1. The van der Waals surface area contributed by atoms with E-state index in [-0.39, 0.29) is 6.61 Å². The van der Waals surface area contributed by atoms with Gasteiger partial charge in [-0.25, -0.2) is 4.98 Å². The van der Waals surface area contributed by atoms with Gasteiger partial charge in [0.05, 0.1) is 30.6 Å². The number of fused-ring (bicyclic) bond motifs is 1. The summed E-state index contributed by atoms with van der Waals surface area (Å²) >= 11 is 0. The number of anilines is 2. The van der Waals surface area contributed by atoms with Gasteiger partial charge >= 0.3 is 0 Å². The van der Waals surface area contributed by atoms with E-state index in [2.05, 4.69) is 16.4 Å². The van der Waals surface area contributed by atoms with Gasteiger partial charge in [-0.15, -0.1) is 0 Å². The van der Waals surface area contributed by atoms with Gasteiger partial charge in [-0.1, -0.05) is 0 Å². The van der Waals surface area contributed by atoms with Gasteiger partial charge in [0.2, 0.25) is 0 Å². The van der Waals surface area contributed by atoms with Crippen LogP contribution in [-0.2, 0) is 6.54 Å². The van der Waals surface area contributed by atoms with Gasteiger partial charge < -0.3 is 19.7 Å². The fraction of sp³-hybridized carbons (Fsp3) is 0.222. The number of nitrogens with one attached hydrogen (secondary N) is 1. The Balaban J connectivity index is 1.71. The summed E-state index contributed by atoms with van der Waals surface area (Å²) in [5.41, 5.74) is 4.49. The van der Waals surface area contributed by atoms with Crippen molar-refractivity contribution in [2.75, 3.05) is 30.4 Å². The first-order chi connectivity index (χ1) is 11.7. The molecule has 0 aliphatic rings. The molecule has 3 rings (SSSR count). The Kier molecular flexibility index (Phi) is 4.64. The number of likely N-dealkylation sites (N-methyl/N-ethyl adjacent to an activating group) is 1. The lowest BCUT2D eigenvalue weighted by Gasteiger charge is -2.18. The van der Waals surface area contributed by atoms with Crippen molar-refractivity contribution in [1.82, 2.24) is 9.38 Å². The lowest BCUT2D eigenvalue weighted by Crippen LogP contribution is -2.20. The zero-order chi connectivity index (χ0) is 16.9. The summed E-state index contributed by atoms with van der Waals surface area (Å²) in [6.45, 7) is 1.35. The molecule has 0 aliphatic heterocycles. The van der Waals surface area contributed by atoms with Gasteiger partial charge in [0.1, 0.15) is 11.7 Å². The molecule has 2 aromatic heterocycles. The van der Waals surface area contributed by atoms with Crippen LogP contribution in [0.2, 0.25) is 0 Å². The molecule has 24 heavy (non-hydrogen) atoms. The Labute approximate surface area is 140 Å². The Morgan fingerprint density at radius 1 is 1.25 bits per heavy atom. The minimum absolute atomic E-state index is 0.134. The van der Waals surface area contributed by atoms with Gasteiger partial charge in [0.25, 0.3) is 0 Å². The fourth-order valence-corrected chi connectivity index (χ4v) is 2.53. The van der Waals surface area contributed by atoms with Crippen LogP contribution in [0.5, 0.6) is 0 Å². The average molecular weight is 321 g/mol. The van der Waals surface area contributed by atoms with Crippen LogP contribution in [0.15, 0.2) is 48.8 Å². The number of aromatic nitrogens is 2. The fourth-order valence-electron chi connectivity index (χ4n) is 2.53. The summed E-state index contributed by atoms with van der Waals surface area (Å²) in [6, 6.07) is 13.8. The summed E-state index contributed by atoms with van der Waals surface area (Å²) in [6.07, 6.45) is 3.61. The molecule has 6 nitrogen and oxygen atoms in total. The van der Waals surface area contributed by atoms with Crippen LogP contribution < -0.4 is 10.2 Å². The zero-order valence-electron chi connectivity index (χ0n) is 13.5. The molecular formula is C18H19N5O. The first-order valence-electron chi connectivity index (χ1n) is 7.73. The summed E-state index contributed by atoms with van der Waals surface area (Å²) in [4.78, 5) is 6.35. The second-order valence-corrected chi connectivity index (χ2v) is 5.55. The molecule has 0 atom stereocenters. The number of rotatable bonds is 6. The summed E-state index contributed by atoms with van der Waals surface area (Å²) < 4.78 is 1.93. The molecule has 2 N–H and O–H groups in total. The third kappa shape index (κ3) is 3.31. The smallest absolute Gasteiger partial charge is 0.137 e. The van der Waals surface area contributed by atoms with Gasteiger partial charge in [-0.2, -0.15) is 5.26 Å². The Hall–Kier alpha value is -3.04. The standard InChI is InChI=1S/C18H19N5O/c1-22(8-9-24)16-5-3-15(4-6-16)20-11-17-12-21-18-7-2-14(10-19)13-23(17)18/h2-7,12-13,20,24H,8-9,11H2,1H3. The molecule has 122 valence electrons. The number of hydrogen-bond donors (Lipinski definition) is 2. The Morgan fingerprint density at radius 2 is 2.04 bits per heavy atom. The number of pyridine rings is 1. The minimum atomic E-state index is 0.134. The van der Waals surface area contributed by atoms with Gasteiger partial charge in [-0.3, -0.25) is 0 Å². The van der Waals surface area contributed by atoms with E-state index in [1.807, 2.05) is 52.9 Å². The second kappa shape index (κ2) is 7.02. The normalized spacial score (nSPS) is 10.5. The van der Waals surface area contributed by atoms with E-state index >= 15 is 0 Å². The predicted octanol–water partition coefficient (Wildman–Crippen LogP) is 2.25. The van der Waals surface area contributed by atoms with Crippen LogP contribution in [-0.4, -0.2) is 34.7 Å². The van der Waals surface area contributed by atoms with Crippen LogP contribution in [0, 0.1) is 11.3 Å². The van der Waals surface area contributed by atoms with Crippen molar-refractivity contribution in [2.45, 2.75) is 6.54 Å². The molecule has 0 radical (unpaired) electrons. The van der Waals surface area contributed by atoms with Crippen LogP contribution in [0.4, 0.5) is 11.4 Å². The molecule has 0 bridgehead atoms. The molecule has 0 spiro atoms. The third-order valence-electron chi connectivity index (χ3n) is 3.93. The topological polar surface area (TPSA) is 76.6 Å². The summed E-state index contributed by atoms with van der Waals surface area (Å²) in [5.74, 6) is 0. The molecule has 0 fully saturated rings. The van der Waals surface area contributed by atoms with Gasteiger partial charge in [0.15, 0.2) is 0 Å². The van der Waals surface area contributed by atoms with Crippen molar-refractivity contribution >= 4 is 17.0 Å². The summed E-state index contributed by atoms with van der Waals surface area (Å²) in [5, 5.41) is 21.4. The van der Waals surface area contributed by atoms with E-state index in [0.717, 1.165) is 22.7 Å². The lowest BCUT2D eigenvalue weighted by atomic mass is 10.2. The van der Waals surface area contributed by atoms with Crippen LogP contribution in [0.25, 0.3) is 5.65 Å².